The van der Waals surface area contributed by atoms with Crippen molar-refractivity contribution in [1.29, 1.82) is 0 Å². The molecular weight excluding hydrogens is 342 g/mol. The first-order valence-electron chi connectivity index (χ1n) is 8.14. The van der Waals surface area contributed by atoms with Crippen LogP contribution in [0.4, 0.5) is 5.13 Å². The van der Waals surface area contributed by atoms with E-state index in [9.17, 15) is 4.79 Å². The Morgan fingerprint density at radius 3 is 2.71 bits per heavy atom. The van der Waals surface area contributed by atoms with Crippen molar-refractivity contribution >= 4 is 34.1 Å². The molecule has 0 aliphatic heterocycles. The van der Waals surface area contributed by atoms with Gasteiger partial charge in [-0.25, -0.2) is 0 Å². The lowest BCUT2D eigenvalue weighted by Gasteiger charge is -2.19. The van der Waals surface area contributed by atoms with Crippen LogP contribution in [0.1, 0.15) is 37.7 Å². The molecule has 0 spiro atoms. The fourth-order valence-corrected chi connectivity index (χ4v) is 4.47. The van der Waals surface area contributed by atoms with Gasteiger partial charge in [-0.1, -0.05) is 54.5 Å². The maximum Gasteiger partial charge on any atom is 0.229 e. The Morgan fingerprint density at radius 2 is 2.00 bits per heavy atom. The molecule has 0 radical (unpaired) electrons. The molecule has 128 valence electrons. The van der Waals surface area contributed by atoms with E-state index in [2.05, 4.69) is 15.5 Å². The lowest BCUT2D eigenvalue weighted by atomic mass is 9.89. The van der Waals surface area contributed by atoms with Crippen LogP contribution in [-0.2, 0) is 10.5 Å². The van der Waals surface area contributed by atoms with Gasteiger partial charge >= 0.3 is 0 Å². The van der Waals surface area contributed by atoms with E-state index in [1.165, 1.54) is 23.3 Å². The summed E-state index contributed by atoms with van der Waals surface area (Å²) in [5, 5.41) is 11.8. The van der Waals surface area contributed by atoms with Crippen LogP contribution in [-0.4, -0.2) is 23.2 Å². The van der Waals surface area contributed by atoms with Gasteiger partial charge in [-0.15, -0.1) is 10.2 Å². The number of ether oxygens (including phenoxy) is 1. The summed E-state index contributed by atoms with van der Waals surface area (Å²) in [6.07, 6.45) is 5.52. The van der Waals surface area contributed by atoms with Crippen LogP contribution >= 0.6 is 23.1 Å². The van der Waals surface area contributed by atoms with E-state index in [1.54, 1.807) is 18.9 Å². The van der Waals surface area contributed by atoms with E-state index < -0.39 is 0 Å². The normalized spacial score (nSPS) is 15.2. The monoisotopic (exact) mass is 363 g/mol. The fraction of sp³-hybridized carbons (Fsp3) is 0.471. The van der Waals surface area contributed by atoms with Crippen molar-refractivity contribution < 1.29 is 9.53 Å². The zero-order valence-electron chi connectivity index (χ0n) is 13.7. The average molecular weight is 364 g/mol. The molecule has 0 saturated heterocycles. The van der Waals surface area contributed by atoms with Gasteiger partial charge in [0.1, 0.15) is 5.75 Å². The molecule has 1 N–H and O–H groups in total. The molecule has 1 amide bonds. The number of carbonyl (C=O) groups is 1. The molecule has 0 atom stereocenters. The summed E-state index contributed by atoms with van der Waals surface area (Å²) >= 11 is 3.06. The second-order valence-electron chi connectivity index (χ2n) is 5.83. The van der Waals surface area contributed by atoms with Crippen molar-refractivity contribution in [3.63, 3.8) is 0 Å². The average Bonchev–Trinajstić information content (AvgIpc) is 3.08. The number of aromatic nitrogens is 2. The number of anilines is 1. The molecule has 7 heteroatoms. The third-order valence-electron chi connectivity index (χ3n) is 4.13. The Balaban J connectivity index is 1.50. The van der Waals surface area contributed by atoms with Gasteiger partial charge < -0.3 is 10.1 Å². The summed E-state index contributed by atoms with van der Waals surface area (Å²) in [5.41, 5.74) is 1.20. The van der Waals surface area contributed by atoms with Crippen molar-refractivity contribution in [3.05, 3.63) is 29.8 Å². The van der Waals surface area contributed by atoms with E-state index in [-0.39, 0.29) is 11.8 Å². The van der Waals surface area contributed by atoms with Crippen LogP contribution in [0.3, 0.4) is 0 Å². The van der Waals surface area contributed by atoms with Crippen LogP contribution < -0.4 is 10.1 Å². The summed E-state index contributed by atoms with van der Waals surface area (Å²) in [4.78, 5) is 12.2. The Kier molecular flexibility index (Phi) is 6.09. The zero-order chi connectivity index (χ0) is 16.8. The summed E-state index contributed by atoms with van der Waals surface area (Å²) in [6.45, 7) is 0. The fourth-order valence-electron chi connectivity index (χ4n) is 2.76. The van der Waals surface area contributed by atoms with Gasteiger partial charge in [-0.3, -0.25) is 4.79 Å². The number of nitrogens with one attached hydrogen (secondary N) is 1. The molecule has 1 aliphatic carbocycles. The number of hydrogen-bond acceptors (Lipinski definition) is 6. The number of rotatable bonds is 6. The van der Waals surface area contributed by atoms with Gasteiger partial charge in [0.2, 0.25) is 11.0 Å². The zero-order valence-corrected chi connectivity index (χ0v) is 15.3. The number of thioether (sulfide) groups is 1. The van der Waals surface area contributed by atoms with E-state index in [4.69, 9.17) is 4.74 Å². The first kappa shape index (κ1) is 17.2. The number of amides is 1. The number of benzene rings is 1. The molecule has 24 heavy (non-hydrogen) atoms. The van der Waals surface area contributed by atoms with Crippen molar-refractivity contribution in [1.82, 2.24) is 10.2 Å². The SMILES string of the molecule is COc1ccc(CSc2nnc(NC(=O)C3CCCCC3)s2)cc1. The number of nitrogens with zero attached hydrogens (tertiary/aromatic N) is 2. The van der Waals surface area contributed by atoms with Crippen LogP contribution in [0, 0.1) is 5.92 Å². The third kappa shape index (κ3) is 4.70. The predicted molar refractivity (Wildman–Crippen MR) is 97.7 cm³/mol. The van der Waals surface area contributed by atoms with Crippen LogP contribution in [0.25, 0.3) is 0 Å². The highest BCUT2D eigenvalue weighted by Gasteiger charge is 2.22. The molecule has 2 aromatic rings. The summed E-state index contributed by atoms with van der Waals surface area (Å²) < 4.78 is 6.02. The maximum atomic E-state index is 12.2. The Labute approximate surface area is 150 Å². The van der Waals surface area contributed by atoms with Gasteiger partial charge in [0.15, 0.2) is 4.34 Å². The Hall–Kier alpha value is -1.60. The molecule has 1 saturated carbocycles. The molecule has 1 fully saturated rings. The lowest BCUT2D eigenvalue weighted by molar-refractivity contribution is -0.120. The van der Waals surface area contributed by atoms with Crippen LogP contribution in [0.2, 0.25) is 0 Å². The summed E-state index contributed by atoms with van der Waals surface area (Å²) in [6, 6.07) is 7.98. The topological polar surface area (TPSA) is 64.1 Å². The largest absolute Gasteiger partial charge is 0.497 e. The molecule has 1 aromatic carbocycles. The van der Waals surface area contributed by atoms with Gasteiger partial charge in [0.25, 0.3) is 0 Å². The summed E-state index contributed by atoms with van der Waals surface area (Å²) in [7, 11) is 1.66. The number of methoxy groups -OCH3 is 1. The van der Waals surface area contributed by atoms with E-state index in [1.807, 2.05) is 24.3 Å². The first-order valence-corrected chi connectivity index (χ1v) is 9.95. The van der Waals surface area contributed by atoms with Crippen molar-refractivity contribution in [2.24, 2.45) is 5.92 Å². The molecule has 1 aromatic heterocycles. The standard InChI is InChI=1S/C17H21N3O2S2/c1-22-14-9-7-12(8-10-14)11-23-17-20-19-16(24-17)18-15(21)13-5-3-2-4-6-13/h7-10,13H,2-6,11H2,1H3,(H,18,19,21). The van der Waals surface area contributed by atoms with Crippen molar-refractivity contribution in [2.45, 2.75) is 42.2 Å². The smallest absolute Gasteiger partial charge is 0.229 e. The molecule has 1 aliphatic rings. The van der Waals surface area contributed by atoms with Crippen LogP contribution in [0.15, 0.2) is 28.6 Å². The molecular formula is C17H21N3O2S2. The molecule has 0 unspecified atom stereocenters. The lowest BCUT2D eigenvalue weighted by Crippen LogP contribution is -2.24. The highest BCUT2D eigenvalue weighted by Crippen LogP contribution is 2.30. The van der Waals surface area contributed by atoms with E-state index in [0.29, 0.717) is 5.13 Å². The molecule has 0 bridgehead atoms. The highest BCUT2D eigenvalue weighted by molar-refractivity contribution is 8.00. The van der Waals surface area contributed by atoms with Crippen LogP contribution in [0.5, 0.6) is 5.75 Å². The van der Waals surface area contributed by atoms with Gasteiger partial charge in [0.05, 0.1) is 7.11 Å². The second-order valence-corrected chi connectivity index (χ2v) is 8.03. The van der Waals surface area contributed by atoms with E-state index >= 15 is 0 Å². The van der Waals surface area contributed by atoms with Crippen molar-refractivity contribution in [2.75, 3.05) is 12.4 Å². The van der Waals surface area contributed by atoms with Gasteiger partial charge in [-0.2, -0.15) is 0 Å². The number of carbonyl (C=O) groups excluding carboxylic acids is 1. The quantitative estimate of drug-likeness (QED) is 0.610. The molecule has 3 rings (SSSR count). The number of hydrogen-bond donors (Lipinski definition) is 1. The van der Waals surface area contributed by atoms with Gasteiger partial charge in [-0.05, 0) is 30.5 Å². The van der Waals surface area contributed by atoms with E-state index in [0.717, 1.165) is 41.5 Å². The first-order chi connectivity index (χ1) is 11.7. The van der Waals surface area contributed by atoms with Gasteiger partial charge in [0, 0.05) is 11.7 Å². The maximum absolute atomic E-state index is 12.2. The predicted octanol–water partition coefficient (Wildman–Crippen LogP) is 4.36. The second kappa shape index (κ2) is 8.48. The Bertz CT molecular complexity index is 667. The Morgan fingerprint density at radius 1 is 1.25 bits per heavy atom. The van der Waals surface area contributed by atoms with Crippen molar-refractivity contribution in [3.8, 4) is 5.75 Å². The molecule has 1 heterocycles. The molecule has 5 nitrogen and oxygen atoms in total. The minimum atomic E-state index is 0.0950. The minimum absolute atomic E-state index is 0.0950. The third-order valence-corrected chi connectivity index (χ3v) is 6.18. The minimum Gasteiger partial charge on any atom is -0.497 e. The summed E-state index contributed by atoms with van der Waals surface area (Å²) in [5.74, 6) is 1.90. The highest BCUT2D eigenvalue weighted by atomic mass is 32.2.